The number of rotatable bonds is 4. The molecule has 5 nitrogen and oxygen atoms in total. The molecular formula is C18H18F6N4O. The van der Waals surface area contributed by atoms with Crippen LogP contribution in [0, 0.1) is 5.92 Å². The van der Waals surface area contributed by atoms with Crippen molar-refractivity contribution in [1.29, 1.82) is 0 Å². The zero-order chi connectivity index (χ0) is 21.3. The molecule has 0 aromatic carbocycles. The molecule has 1 fully saturated rings. The SMILES string of the molecule is OC1(CNc2cc(C(F)(F)F)nc(-c3cccnc3)n2)CCCC(C(F)(F)F)C1. The molecular weight excluding hydrogens is 402 g/mol. The largest absolute Gasteiger partial charge is 0.433 e. The van der Waals surface area contributed by atoms with E-state index in [4.69, 9.17) is 0 Å². The number of hydrogen-bond donors (Lipinski definition) is 2. The first kappa shape index (κ1) is 21.3. The monoisotopic (exact) mass is 420 g/mol. The number of aromatic nitrogens is 3. The van der Waals surface area contributed by atoms with Gasteiger partial charge in [-0.05, 0) is 37.8 Å². The van der Waals surface area contributed by atoms with E-state index in [1.807, 2.05) is 0 Å². The number of anilines is 1. The molecule has 0 amide bonds. The molecule has 2 unspecified atom stereocenters. The smallest absolute Gasteiger partial charge is 0.388 e. The van der Waals surface area contributed by atoms with Crippen molar-refractivity contribution in [2.24, 2.45) is 5.92 Å². The molecule has 2 heterocycles. The van der Waals surface area contributed by atoms with Crippen molar-refractivity contribution in [2.45, 2.75) is 43.6 Å². The summed E-state index contributed by atoms with van der Waals surface area (Å²) in [6.45, 7) is -0.361. The average Bonchev–Trinajstić information content (AvgIpc) is 2.66. The molecule has 2 atom stereocenters. The summed E-state index contributed by atoms with van der Waals surface area (Å²) in [6, 6.07) is 3.65. The number of nitrogens with zero attached hydrogens (tertiary/aromatic N) is 3. The number of nitrogens with one attached hydrogen (secondary N) is 1. The third-order valence-electron chi connectivity index (χ3n) is 4.82. The van der Waals surface area contributed by atoms with Crippen LogP contribution in [0.3, 0.4) is 0 Å². The van der Waals surface area contributed by atoms with Crippen molar-refractivity contribution in [3.05, 3.63) is 36.3 Å². The Morgan fingerprint density at radius 3 is 2.55 bits per heavy atom. The van der Waals surface area contributed by atoms with Gasteiger partial charge in [0.25, 0.3) is 0 Å². The van der Waals surface area contributed by atoms with E-state index in [-0.39, 0.29) is 43.0 Å². The second-order valence-corrected chi connectivity index (χ2v) is 7.11. The molecule has 1 aliphatic rings. The predicted octanol–water partition coefficient (Wildman–Crippen LogP) is 4.45. The molecule has 0 bridgehead atoms. The summed E-state index contributed by atoms with van der Waals surface area (Å²) >= 11 is 0. The van der Waals surface area contributed by atoms with Crippen molar-refractivity contribution in [3.8, 4) is 11.4 Å². The molecule has 2 N–H and O–H groups in total. The predicted molar refractivity (Wildman–Crippen MR) is 91.7 cm³/mol. The van der Waals surface area contributed by atoms with Crippen LogP contribution in [0.25, 0.3) is 11.4 Å². The highest BCUT2D eigenvalue weighted by Crippen LogP contribution is 2.42. The summed E-state index contributed by atoms with van der Waals surface area (Å²) in [7, 11) is 0. The normalized spacial score (nSPS) is 23.1. The Kier molecular flexibility index (Phi) is 5.70. The van der Waals surface area contributed by atoms with Gasteiger partial charge in [-0.2, -0.15) is 26.3 Å². The fraction of sp³-hybridized carbons (Fsp3) is 0.500. The highest BCUT2D eigenvalue weighted by molar-refractivity contribution is 5.56. The van der Waals surface area contributed by atoms with E-state index in [0.717, 1.165) is 0 Å². The van der Waals surface area contributed by atoms with Gasteiger partial charge >= 0.3 is 12.4 Å². The van der Waals surface area contributed by atoms with Crippen molar-refractivity contribution in [1.82, 2.24) is 15.0 Å². The second kappa shape index (κ2) is 7.77. The number of hydrogen-bond acceptors (Lipinski definition) is 5. The highest BCUT2D eigenvalue weighted by Gasteiger charge is 2.47. The van der Waals surface area contributed by atoms with Gasteiger partial charge < -0.3 is 10.4 Å². The van der Waals surface area contributed by atoms with Gasteiger partial charge in [-0.1, -0.05) is 0 Å². The topological polar surface area (TPSA) is 70.9 Å². The van der Waals surface area contributed by atoms with Gasteiger partial charge in [-0.15, -0.1) is 0 Å². The summed E-state index contributed by atoms with van der Waals surface area (Å²) in [5.74, 6) is -2.13. The quantitative estimate of drug-likeness (QED) is 0.715. The van der Waals surface area contributed by atoms with Gasteiger partial charge in [0, 0.05) is 30.6 Å². The average molecular weight is 420 g/mol. The van der Waals surface area contributed by atoms with Crippen LogP contribution in [0.5, 0.6) is 0 Å². The minimum atomic E-state index is -4.75. The summed E-state index contributed by atoms with van der Waals surface area (Å²) in [4.78, 5) is 11.3. The Bertz CT molecular complexity index is 842. The maximum Gasteiger partial charge on any atom is 0.433 e. The van der Waals surface area contributed by atoms with Crippen LogP contribution in [0.15, 0.2) is 30.6 Å². The van der Waals surface area contributed by atoms with Crippen molar-refractivity contribution < 1.29 is 31.4 Å². The van der Waals surface area contributed by atoms with Gasteiger partial charge in [0.05, 0.1) is 11.5 Å². The Morgan fingerprint density at radius 1 is 1.17 bits per heavy atom. The van der Waals surface area contributed by atoms with Crippen LogP contribution in [-0.2, 0) is 6.18 Å². The molecule has 0 radical (unpaired) electrons. The fourth-order valence-electron chi connectivity index (χ4n) is 3.34. The molecule has 3 rings (SSSR count). The van der Waals surface area contributed by atoms with E-state index in [2.05, 4.69) is 20.3 Å². The first-order chi connectivity index (χ1) is 13.5. The van der Waals surface area contributed by atoms with E-state index >= 15 is 0 Å². The van der Waals surface area contributed by atoms with E-state index in [9.17, 15) is 31.4 Å². The minimum Gasteiger partial charge on any atom is -0.388 e. The van der Waals surface area contributed by atoms with Crippen molar-refractivity contribution in [2.75, 3.05) is 11.9 Å². The lowest BCUT2D eigenvalue weighted by molar-refractivity contribution is -0.199. The van der Waals surface area contributed by atoms with Crippen molar-refractivity contribution in [3.63, 3.8) is 0 Å². The van der Waals surface area contributed by atoms with Crippen LogP contribution in [-0.4, -0.2) is 38.4 Å². The van der Waals surface area contributed by atoms with Crippen LogP contribution < -0.4 is 5.32 Å². The summed E-state index contributed by atoms with van der Waals surface area (Å²) < 4.78 is 78.6. The molecule has 1 aliphatic carbocycles. The lowest BCUT2D eigenvalue weighted by Crippen LogP contribution is -2.45. The van der Waals surface area contributed by atoms with Gasteiger partial charge in [0.1, 0.15) is 5.82 Å². The molecule has 0 saturated heterocycles. The third-order valence-corrected chi connectivity index (χ3v) is 4.82. The molecule has 1 saturated carbocycles. The van der Waals surface area contributed by atoms with Gasteiger partial charge in [0.15, 0.2) is 11.5 Å². The van der Waals surface area contributed by atoms with E-state index in [0.29, 0.717) is 6.07 Å². The maximum atomic E-state index is 13.2. The lowest BCUT2D eigenvalue weighted by atomic mass is 9.77. The minimum absolute atomic E-state index is 0.0807. The molecule has 29 heavy (non-hydrogen) atoms. The first-order valence-electron chi connectivity index (χ1n) is 8.86. The first-order valence-corrected chi connectivity index (χ1v) is 8.86. The molecule has 2 aromatic rings. The zero-order valence-corrected chi connectivity index (χ0v) is 15.1. The number of alkyl halides is 6. The molecule has 0 aliphatic heterocycles. The third kappa shape index (κ3) is 5.34. The van der Waals surface area contributed by atoms with Crippen LogP contribution >= 0.6 is 0 Å². The van der Waals surface area contributed by atoms with E-state index in [1.54, 1.807) is 0 Å². The second-order valence-electron chi connectivity index (χ2n) is 7.11. The lowest BCUT2D eigenvalue weighted by Gasteiger charge is -2.37. The summed E-state index contributed by atoms with van der Waals surface area (Å²) in [5, 5.41) is 13.1. The Hall–Kier alpha value is -2.43. The standard InChI is InChI=1S/C18H18F6N4O/c19-17(20,21)12-4-1-5-16(29,8-12)10-26-14-7-13(18(22,23)24)27-15(28-14)11-3-2-6-25-9-11/h2-3,6-7,9,12,29H,1,4-5,8,10H2,(H,26,27,28). The Balaban J connectivity index is 1.83. The van der Waals surface area contributed by atoms with Crippen LogP contribution in [0.1, 0.15) is 31.4 Å². The summed E-state index contributed by atoms with van der Waals surface area (Å²) in [5.41, 5.74) is -2.66. The molecule has 0 spiro atoms. The van der Waals surface area contributed by atoms with Crippen LogP contribution in [0.2, 0.25) is 0 Å². The summed E-state index contributed by atoms with van der Waals surface area (Å²) in [6.07, 6.45) is -6.77. The number of pyridine rings is 1. The maximum absolute atomic E-state index is 13.2. The Labute approximate surface area is 162 Å². The molecule has 11 heteroatoms. The van der Waals surface area contributed by atoms with Gasteiger partial charge in [0.2, 0.25) is 0 Å². The zero-order valence-electron chi connectivity index (χ0n) is 15.1. The van der Waals surface area contributed by atoms with Gasteiger partial charge in [-0.25, -0.2) is 9.97 Å². The fourth-order valence-corrected chi connectivity index (χ4v) is 3.34. The van der Waals surface area contributed by atoms with Crippen molar-refractivity contribution >= 4 is 5.82 Å². The van der Waals surface area contributed by atoms with Crippen LogP contribution in [0.4, 0.5) is 32.2 Å². The van der Waals surface area contributed by atoms with E-state index in [1.165, 1.54) is 24.5 Å². The molecule has 2 aromatic heterocycles. The Morgan fingerprint density at radius 2 is 1.93 bits per heavy atom. The molecule has 158 valence electrons. The number of halogens is 6. The van der Waals surface area contributed by atoms with E-state index < -0.39 is 36.0 Å². The van der Waals surface area contributed by atoms with Gasteiger partial charge in [-0.3, -0.25) is 4.98 Å². The number of aliphatic hydroxyl groups is 1. The highest BCUT2D eigenvalue weighted by atomic mass is 19.4.